The number of rotatable bonds is 7. The van der Waals surface area contributed by atoms with Crippen LogP contribution in [0, 0.1) is 0 Å². The second-order valence-electron chi connectivity index (χ2n) is 5.15. The quantitative estimate of drug-likeness (QED) is 0.594. The molecule has 0 rings (SSSR count). The average Bonchev–Trinajstić information content (AvgIpc) is 2.30. The lowest BCUT2D eigenvalue weighted by Gasteiger charge is -2.54. The topological polar surface area (TPSA) is 28.2 Å². The van der Waals surface area contributed by atoms with E-state index < -0.39 is 35.4 Å². The highest BCUT2D eigenvalue weighted by Gasteiger charge is 2.79. The van der Waals surface area contributed by atoms with Crippen molar-refractivity contribution in [2.24, 2.45) is 0 Å². The molecule has 0 bridgehead atoms. The number of ether oxygens (including phenoxy) is 1. The van der Waals surface area contributed by atoms with Gasteiger partial charge in [-0.05, 0) is 42.3 Å². The normalized spacial score (nSPS) is 18.2. The van der Waals surface area contributed by atoms with Gasteiger partial charge < -0.3 is 0 Å². The van der Waals surface area contributed by atoms with E-state index in [2.05, 4.69) is 8.92 Å². The molecular formula is C10H18F9N3O2S. The van der Waals surface area contributed by atoms with Crippen LogP contribution in [0.1, 0.15) is 0 Å². The molecule has 25 heavy (non-hydrogen) atoms. The number of nitrogens with zero attached hydrogens (tertiary/aromatic N) is 3. The second-order valence-corrected chi connectivity index (χ2v) is 8.44. The lowest BCUT2D eigenvalue weighted by Crippen LogP contribution is -2.62. The number of alkyl halides is 9. The van der Waals surface area contributed by atoms with Gasteiger partial charge in [-0.25, -0.2) is 21.8 Å². The minimum absolute atomic E-state index is 0.880. The van der Waals surface area contributed by atoms with Crippen LogP contribution in [0.25, 0.3) is 0 Å². The zero-order valence-electron chi connectivity index (χ0n) is 14.0. The highest BCUT2D eigenvalue weighted by atomic mass is 32.3. The standard InChI is InChI=1S/C10H18F9N3O2S/c1-20(2)25(21(3)4,22(5)6)24-9(15,16)7(11,8(12,13)14)23-10(17,18)19/h1-6H3. The van der Waals surface area contributed by atoms with E-state index in [-0.39, 0.29) is 0 Å². The third-order valence-electron chi connectivity index (χ3n) is 2.64. The van der Waals surface area contributed by atoms with E-state index in [1.165, 1.54) is 0 Å². The maximum absolute atomic E-state index is 14.1. The Balaban J connectivity index is 6.28. The number of hydrogen-bond donors (Lipinski definition) is 0. The van der Waals surface area contributed by atoms with Crippen LogP contribution < -0.4 is 0 Å². The lowest BCUT2D eigenvalue weighted by atomic mass is 10.3. The van der Waals surface area contributed by atoms with Crippen LogP contribution in [0.15, 0.2) is 0 Å². The van der Waals surface area contributed by atoms with E-state index in [0.717, 1.165) is 55.2 Å². The summed E-state index contributed by atoms with van der Waals surface area (Å²) in [5, 5.41) is 0. The van der Waals surface area contributed by atoms with Gasteiger partial charge in [0.1, 0.15) is 0 Å². The summed E-state index contributed by atoms with van der Waals surface area (Å²) in [7, 11) is 3.05. The molecule has 5 nitrogen and oxygen atoms in total. The first-order valence-electron chi connectivity index (χ1n) is 6.21. The molecular weight excluding hydrogens is 397 g/mol. The smallest absolute Gasteiger partial charge is 0.238 e. The van der Waals surface area contributed by atoms with E-state index in [9.17, 15) is 39.5 Å². The maximum atomic E-state index is 14.1. The van der Waals surface area contributed by atoms with E-state index in [1.807, 2.05) is 0 Å². The Morgan fingerprint density at radius 1 is 0.640 bits per heavy atom. The molecule has 154 valence electrons. The Morgan fingerprint density at radius 2 is 0.960 bits per heavy atom. The zero-order chi connectivity index (χ0) is 20.6. The van der Waals surface area contributed by atoms with E-state index in [0.29, 0.717) is 0 Å². The molecule has 0 N–H and O–H groups in total. The predicted molar refractivity (Wildman–Crippen MR) is 71.7 cm³/mol. The van der Waals surface area contributed by atoms with Crippen molar-refractivity contribution < 1.29 is 48.4 Å². The van der Waals surface area contributed by atoms with Crippen molar-refractivity contribution in [2.75, 3.05) is 42.3 Å². The van der Waals surface area contributed by atoms with Crippen molar-refractivity contribution in [1.82, 2.24) is 12.9 Å². The molecule has 0 aromatic heterocycles. The Hall–Kier alpha value is -0.480. The molecule has 1 unspecified atom stereocenters. The van der Waals surface area contributed by atoms with Crippen molar-refractivity contribution in [3.8, 4) is 0 Å². The van der Waals surface area contributed by atoms with Gasteiger partial charge >= 0.3 is 24.5 Å². The van der Waals surface area contributed by atoms with Crippen molar-refractivity contribution in [1.29, 1.82) is 0 Å². The largest absolute Gasteiger partial charge is 0.525 e. The molecule has 0 radical (unpaired) electrons. The van der Waals surface area contributed by atoms with Crippen LogP contribution in [-0.4, -0.2) is 79.7 Å². The summed E-state index contributed by atoms with van der Waals surface area (Å²) < 4.78 is 125. The van der Waals surface area contributed by atoms with Crippen LogP contribution in [0.3, 0.4) is 0 Å². The molecule has 0 fully saturated rings. The molecule has 0 saturated heterocycles. The second kappa shape index (κ2) is 7.26. The fraction of sp³-hybridized carbons (Fsp3) is 1.00. The van der Waals surface area contributed by atoms with Gasteiger partial charge in [-0.1, -0.05) is 0 Å². The van der Waals surface area contributed by atoms with Crippen molar-refractivity contribution in [3.05, 3.63) is 0 Å². The Kier molecular flexibility index (Phi) is 7.13. The first kappa shape index (κ1) is 24.5. The molecule has 0 saturated carbocycles. The third-order valence-corrected chi connectivity index (χ3v) is 5.93. The number of halogens is 9. The fourth-order valence-corrected chi connectivity index (χ4v) is 4.63. The van der Waals surface area contributed by atoms with Gasteiger partial charge in [-0.2, -0.15) is 26.3 Å². The lowest BCUT2D eigenvalue weighted by molar-refractivity contribution is -0.510. The summed E-state index contributed by atoms with van der Waals surface area (Å²) in [5.41, 5.74) is 0. The molecule has 1 atom stereocenters. The summed E-state index contributed by atoms with van der Waals surface area (Å²) >= 11 is 0. The van der Waals surface area contributed by atoms with Gasteiger partial charge in [0.2, 0.25) is 0 Å². The highest BCUT2D eigenvalue weighted by molar-refractivity contribution is 8.23. The van der Waals surface area contributed by atoms with Gasteiger partial charge in [0.15, 0.2) is 0 Å². The van der Waals surface area contributed by atoms with Gasteiger partial charge in [0.05, 0.1) is 10.9 Å². The zero-order valence-corrected chi connectivity index (χ0v) is 14.8. The first-order chi connectivity index (χ1) is 10.7. The third kappa shape index (κ3) is 4.82. The van der Waals surface area contributed by atoms with Crippen LogP contribution in [0.2, 0.25) is 0 Å². The molecule has 0 amide bonds. The molecule has 0 aliphatic carbocycles. The van der Waals surface area contributed by atoms with Gasteiger partial charge in [-0.15, -0.1) is 13.2 Å². The van der Waals surface area contributed by atoms with E-state index in [1.54, 1.807) is 0 Å². The van der Waals surface area contributed by atoms with Gasteiger partial charge in [0.25, 0.3) is 0 Å². The molecule has 0 spiro atoms. The van der Waals surface area contributed by atoms with Crippen molar-refractivity contribution >= 4 is 10.9 Å². The van der Waals surface area contributed by atoms with E-state index >= 15 is 0 Å². The minimum Gasteiger partial charge on any atom is -0.238 e. The van der Waals surface area contributed by atoms with Crippen LogP contribution >= 0.6 is 10.9 Å². The first-order valence-corrected chi connectivity index (χ1v) is 7.64. The van der Waals surface area contributed by atoms with Crippen LogP contribution in [0.4, 0.5) is 39.5 Å². The molecule has 0 aromatic rings. The monoisotopic (exact) mass is 415 g/mol. The summed E-state index contributed by atoms with van der Waals surface area (Å²) in [6, 6.07) is 0. The van der Waals surface area contributed by atoms with Crippen LogP contribution in [-0.2, 0) is 8.92 Å². The Labute approximate surface area is 140 Å². The molecule has 15 heteroatoms. The van der Waals surface area contributed by atoms with Crippen molar-refractivity contribution in [3.63, 3.8) is 0 Å². The summed E-state index contributed by atoms with van der Waals surface area (Å²) in [4.78, 5) is 0. The molecule has 0 aromatic carbocycles. The summed E-state index contributed by atoms with van der Waals surface area (Å²) in [5.74, 6) is -6.46. The minimum atomic E-state index is -6.75. The maximum Gasteiger partial charge on any atom is 0.525 e. The highest BCUT2D eigenvalue weighted by Crippen LogP contribution is 2.61. The number of hydrogen-bond acceptors (Lipinski definition) is 5. The van der Waals surface area contributed by atoms with E-state index in [4.69, 9.17) is 0 Å². The van der Waals surface area contributed by atoms with Crippen molar-refractivity contribution in [2.45, 2.75) is 24.5 Å². The summed E-state index contributed by atoms with van der Waals surface area (Å²) in [6.45, 7) is 0. The molecule has 0 aliphatic heterocycles. The molecule has 0 heterocycles. The average molecular weight is 415 g/mol. The van der Waals surface area contributed by atoms with Gasteiger partial charge in [0, 0.05) is 0 Å². The van der Waals surface area contributed by atoms with Crippen LogP contribution in [0.5, 0.6) is 0 Å². The molecule has 0 aliphatic rings. The Morgan fingerprint density at radius 3 is 1.16 bits per heavy atom. The SMILES string of the molecule is CN(C)S(OC(F)(F)C(F)(OC(F)(F)F)C(F)(F)F)(N(C)C)N(C)C. The predicted octanol–water partition coefficient (Wildman–Crippen LogP) is 3.51. The van der Waals surface area contributed by atoms with Gasteiger partial charge in [-0.3, -0.25) is 0 Å². The Bertz CT molecular complexity index is 434. The summed E-state index contributed by atoms with van der Waals surface area (Å²) in [6.07, 6.45) is -19.1. The fourth-order valence-electron chi connectivity index (χ4n) is 1.84.